The minimum absolute atomic E-state index is 0.227. The number of hydrogen-bond acceptors (Lipinski definition) is 4. The number of nitrogens with one attached hydrogen (secondary N) is 1. The summed E-state index contributed by atoms with van der Waals surface area (Å²) in [5.41, 5.74) is 5.18. The van der Waals surface area contributed by atoms with Crippen LogP contribution in [0.2, 0.25) is 0 Å². The predicted octanol–water partition coefficient (Wildman–Crippen LogP) is 1.08. The van der Waals surface area contributed by atoms with Crippen molar-refractivity contribution in [2.45, 2.75) is 18.7 Å². The van der Waals surface area contributed by atoms with Gasteiger partial charge in [-0.1, -0.05) is 32.1 Å². The van der Waals surface area contributed by atoms with Gasteiger partial charge < -0.3 is 10.6 Å². The molecule has 0 aliphatic carbocycles. The minimum atomic E-state index is -3.85. The van der Waals surface area contributed by atoms with Gasteiger partial charge in [0.25, 0.3) is 0 Å². The van der Waals surface area contributed by atoms with Gasteiger partial charge in [0.05, 0.1) is 10.5 Å². The number of sulfonamides is 1. The van der Waals surface area contributed by atoms with Gasteiger partial charge in [-0.05, 0) is 25.2 Å². The lowest BCUT2D eigenvalue weighted by atomic mass is 10.2. The molecule has 0 unspecified atom stereocenters. The molecule has 3 N–H and O–H groups in total. The topological polar surface area (TPSA) is 75.4 Å². The minimum Gasteiger partial charge on any atom is -0.389 e. The Morgan fingerprint density at radius 1 is 1.38 bits per heavy atom. The molecule has 0 saturated carbocycles. The summed E-state index contributed by atoms with van der Waals surface area (Å²) in [6, 6.07) is 3.73. The molecule has 118 valence electrons. The number of thiocarbonyl (C=S) groups is 1. The first-order valence-electron chi connectivity index (χ1n) is 6.63. The van der Waals surface area contributed by atoms with Crippen LogP contribution in [-0.2, 0) is 10.0 Å². The van der Waals surface area contributed by atoms with Gasteiger partial charge in [-0.3, -0.25) is 0 Å². The summed E-state index contributed by atoms with van der Waals surface area (Å²) in [4.78, 5) is 1.56. The number of likely N-dealkylation sites (N-methyl/N-ethyl adjacent to an activating group) is 1. The van der Waals surface area contributed by atoms with Crippen molar-refractivity contribution in [2.24, 2.45) is 5.73 Å². The molecule has 0 aliphatic heterocycles. The van der Waals surface area contributed by atoms with Crippen LogP contribution in [0, 0.1) is 5.82 Å². The average molecular weight is 333 g/mol. The molecule has 0 spiro atoms. The molecule has 1 aromatic rings. The molecule has 0 bridgehead atoms. The third-order valence-corrected chi connectivity index (χ3v) is 4.83. The quantitative estimate of drug-likeness (QED) is 0.696. The molecule has 1 aromatic carbocycles. The summed E-state index contributed by atoms with van der Waals surface area (Å²) in [6.45, 7) is 6.46. The number of rotatable bonds is 8. The smallest absolute Gasteiger partial charge is 0.241 e. The zero-order valence-corrected chi connectivity index (χ0v) is 13.7. The van der Waals surface area contributed by atoms with Crippen LogP contribution in [0.25, 0.3) is 0 Å². The van der Waals surface area contributed by atoms with E-state index in [-0.39, 0.29) is 22.0 Å². The van der Waals surface area contributed by atoms with Gasteiger partial charge in [-0.2, -0.15) is 0 Å². The molecule has 21 heavy (non-hydrogen) atoms. The van der Waals surface area contributed by atoms with E-state index in [2.05, 4.69) is 9.62 Å². The van der Waals surface area contributed by atoms with Crippen molar-refractivity contribution >= 4 is 27.2 Å². The van der Waals surface area contributed by atoms with Gasteiger partial charge in [-0.15, -0.1) is 0 Å². The maximum absolute atomic E-state index is 13.7. The second kappa shape index (κ2) is 7.79. The van der Waals surface area contributed by atoms with Gasteiger partial charge in [-0.25, -0.2) is 17.5 Å². The Morgan fingerprint density at radius 3 is 2.52 bits per heavy atom. The molecule has 0 saturated heterocycles. The highest BCUT2D eigenvalue weighted by Crippen LogP contribution is 2.18. The Morgan fingerprint density at radius 2 is 2.00 bits per heavy atom. The van der Waals surface area contributed by atoms with E-state index in [1.165, 1.54) is 12.1 Å². The summed E-state index contributed by atoms with van der Waals surface area (Å²) < 4.78 is 40.7. The van der Waals surface area contributed by atoms with E-state index >= 15 is 0 Å². The third kappa shape index (κ3) is 4.70. The standard InChI is InChI=1S/C13H20FN3O2S2/c1-3-17(4-2)9-8-16-21(18,19)11-7-5-6-10(14)12(11)13(15)20/h5-7,16H,3-4,8-9H2,1-2H3,(H2,15,20). The number of hydrogen-bond donors (Lipinski definition) is 2. The largest absolute Gasteiger partial charge is 0.389 e. The van der Waals surface area contributed by atoms with E-state index in [4.69, 9.17) is 18.0 Å². The van der Waals surface area contributed by atoms with Crippen molar-refractivity contribution in [3.63, 3.8) is 0 Å². The molecule has 5 nitrogen and oxygen atoms in total. The summed E-state index contributed by atoms with van der Waals surface area (Å²) in [7, 11) is -3.85. The van der Waals surface area contributed by atoms with Gasteiger partial charge in [0, 0.05) is 13.1 Å². The summed E-state index contributed by atoms with van der Waals surface area (Å²) >= 11 is 4.73. The first-order valence-corrected chi connectivity index (χ1v) is 8.53. The van der Waals surface area contributed by atoms with Gasteiger partial charge in [0.2, 0.25) is 10.0 Å². The van der Waals surface area contributed by atoms with Crippen molar-refractivity contribution in [1.82, 2.24) is 9.62 Å². The highest BCUT2D eigenvalue weighted by Gasteiger charge is 2.22. The zero-order chi connectivity index (χ0) is 16.0. The van der Waals surface area contributed by atoms with Crippen LogP contribution < -0.4 is 10.5 Å². The van der Waals surface area contributed by atoms with Crippen molar-refractivity contribution in [1.29, 1.82) is 0 Å². The second-order valence-corrected chi connectivity index (χ2v) is 6.58. The number of nitrogens with zero attached hydrogens (tertiary/aromatic N) is 1. The second-order valence-electron chi connectivity index (χ2n) is 4.40. The summed E-state index contributed by atoms with van der Waals surface area (Å²) in [5.74, 6) is -0.742. The van der Waals surface area contributed by atoms with E-state index in [1.54, 1.807) is 0 Å². The Labute approximate surface area is 130 Å². The van der Waals surface area contributed by atoms with Crippen molar-refractivity contribution in [3.05, 3.63) is 29.6 Å². The molecule has 0 fully saturated rings. The van der Waals surface area contributed by atoms with Crippen molar-refractivity contribution in [3.8, 4) is 0 Å². The molecular weight excluding hydrogens is 313 g/mol. The van der Waals surface area contributed by atoms with Crippen LogP contribution in [0.15, 0.2) is 23.1 Å². The van der Waals surface area contributed by atoms with Gasteiger partial charge in [0.15, 0.2) is 0 Å². The van der Waals surface area contributed by atoms with E-state index in [1.807, 2.05) is 13.8 Å². The van der Waals surface area contributed by atoms with E-state index in [0.29, 0.717) is 6.54 Å². The molecule has 0 atom stereocenters. The molecule has 0 amide bonds. The lowest BCUT2D eigenvalue weighted by molar-refractivity contribution is 0.309. The maximum atomic E-state index is 13.7. The highest BCUT2D eigenvalue weighted by molar-refractivity contribution is 7.89. The van der Waals surface area contributed by atoms with Crippen LogP contribution in [0.5, 0.6) is 0 Å². The molecule has 1 rings (SSSR count). The Bertz CT molecular complexity index is 601. The molecular formula is C13H20FN3O2S2. The van der Waals surface area contributed by atoms with Gasteiger partial charge in [0.1, 0.15) is 10.8 Å². The normalized spacial score (nSPS) is 11.8. The molecule has 0 heterocycles. The summed E-state index contributed by atoms with van der Waals surface area (Å²) in [5, 5.41) is 0. The molecule has 0 aromatic heterocycles. The molecule has 0 aliphatic rings. The Balaban J connectivity index is 2.94. The van der Waals surface area contributed by atoms with E-state index in [0.717, 1.165) is 19.2 Å². The number of nitrogens with two attached hydrogens (primary N) is 1. The number of halogens is 1. The highest BCUT2D eigenvalue weighted by atomic mass is 32.2. The van der Waals surface area contributed by atoms with E-state index < -0.39 is 15.8 Å². The van der Waals surface area contributed by atoms with Crippen LogP contribution >= 0.6 is 12.2 Å². The zero-order valence-electron chi connectivity index (χ0n) is 12.1. The maximum Gasteiger partial charge on any atom is 0.241 e. The summed E-state index contributed by atoms with van der Waals surface area (Å²) in [6.07, 6.45) is 0. The van der Waals surface area contributed by atoms with Gasteiger partial charge >= 0.3 is 0 Å². The first kappa shape index (κ1) is 18.0. The van der Waals surface area contributed by atoms with Crippen LogP contribution in [-0.4, -0.2) is 44.5 Å². The first-order chi connectivity index (χ1) is 9.83. The van der Waals surface area contributed by atoms with Crippen molar-refractivity contribution < 1.29 is 12.8 Å². The molecule has 0 radical (unpaired) electrons. The fourth-order valence-corrected chi connectivity index (χ4v) is 3.44. The third-order valence-electron chi connectivity index (χ3n) is 3.13. The van der Waals surface area contributed by atoms with Crippen LogP contribution in [0.4, 0.5) is 4.39 Å². The lowest BCUT2D eigenvalue weighted by Gasteiger charge is -2.18. The lowest BCUT2D eigenvalue weighted by Crippen LogP contribution is -2.35. The van der Waals surface area contributed by atoms with Crippen molar-refractivity contribution in [2.75, 3.05) is 26.2 Å². The monoisotopic (exact) mass is 333 g/mol. The number of benzene rings is 1. The fraction of sp³-hybridized carbons (Fsp3) is 0.462. The SMILES string of the molecule is CCN(CC)CCNS(=O)(=O)c1cccc(F)c1C(N)=S. The van der Waals surface area contributed by atoms with Crippen LogP contribution in [0.1, 0.15) is 19.4 Å². The average Bonchev–Trinajstić information content (AvgIpc) is 2.43. The predicted molar refractivity (Wildman–Crippen MR) is 85.3 cm³/mol. The van der Waals surface area contributed by atoms with E-state index in [9.17, 15) is 12.8 Å². The molecule has 8 heteroatoms. The Kier molecular flexibility index (Phi) is 6.66. The van der Waals surface area contributed by atoms with Crippen LogP contribution in [0.3, 0.4) is 0 Å². The fourth-order valence-electron chi connectivity index (χ4n) is 1.92. The Hall–Kier alpha value is -1.09.